The zero-order valence-electron chi connectivity index (χ0n) is 11.1. The summed E-state index contributed by atoms with van der Waals surface area (Å²) in [6, 6.07) is 0. The summed E-state index contributed by atoms with van der Waals surface area (Å²) in [4.78, 5) is 0. The summed E-state index contributed by atoms with van der Waals surface area (Å²) in [7, 11) is -6.34. The fraction of sp³-hybridized carbons (Fsp3) is 1.00. The van der Waals surface area contributed by atoms with E-state index in [0.717, 1.165) is 19.3 Å². The first kappa shape index (κ1) is 21.5. The van der Waals surface area contributed by atoms with E-state index in [0.29, 0.717) is 12.8 Å². The van der Waals surface area contributed by atoms with E-state index in [1.807, 2.05) is 6.92 Å². The van der Waals surface area contributed by atoms with Gasteiger partial charge in [-0.1, -0.05) is 39.0 Å². The van der Waals surface area contributed by atoms with E-state index >= 15 is 0 Å². The molecule has 0 aliphatic carbocycles. The van der Waals surface area contributed by atoms with Crippen molar-refractivity contribution in [2.24, 2.45) is 0 Å². The maximum absolute atomic E-state index is 12.9. The molecule has 3 nitrogen and oxygen atoms in total. The second-order valence-electron chi connectivity index (χ2n) is 4.19. The Morgan fingerprint density at radius 2 is 1.37 bits per heavy atom. The quantitative estimate of drug-likeness (QED) is 0.270. The Morgan fingerprint density at radius 3 is 1.79 bits per heavy atom. The second-order valence-corrected chi connectivity index (χ2v) is 5.61. The van der Waals surface area contributed by atoms with Crippen LogP contribution in [0.2, 0.25) is 0 Å². The molecule has 0 atom stereocenters. The van der Waals surface area contributed by atoms with Crippen molar-refractivity contribution in [3.63, 3.8) is 0 Å². The van der Waals surface area contributed by atoms with Gasteiger partial charge in [-0.15, -0.1) is 0 Å². The summed E-state index contributed by atoms with van der Waals surface area (Å²) >= 11 is 0. The third-order valence-corrected chi connectivity index (χ3v) is 3.51. The summed E-state index contributed by atoms with van der Waals surface area (Å²) in [5.41, 5.74) is 0. The minimum Gasteiger partial charge on any atom is -0.743 e. The molecule has 0 fully saturated rings. The summed E-state index contributed by atoms with van der Waals surface area (Å²) in [6.45, 7) is 1.97. The molecule has 0 saturated carbocycles. The van der Waals surface area contributed by atoms with E-state index in [1.165, 1.54) is 0 Å². The van der Waals surface area contributed by atoms with Gasteiger partial charge in [0, 0.05) is 6.42 Å². The average Bonchev–Trinajstić information content (AvgIpc) is 2.21. The molecule has 0 bridgehead atoms. The van der Waals surface area contributed by atoms with Gasteiger partial charge in [0.15, 0.2) is 10.1 Å². The zero-order valence-corrected chi connectivity index (χ0v) is 11.9. The van der Waals surface area contributed by atoms with Gasteiger partial charge in [0.1, 0.15) is 0 Å². The number of hydrogen-bond acceptors (Lipinski definition) is 3. The fourth-order valence-corrected chi connectivity index (χ4v) is 1.92. The van der Waals surface area contributed by atoms with Crippen LogP contribution < -0.4 is 18.9 Å². The van der Waals surface area contributed by atoms with Crippen LogP contribution in [0.25, 0.3) is 0 Å². The van der Waals surface area contributed by atoms with Gasteiger partial charge in [0.2, 0.25) is 0 Å². The van der Waals surface area contributed by atoms with Crippen LogP contribution in [0, 0.1) is 0 Å². The van der Waals surface area contributed by atoms with Crippen molar-refractivity contribution in [1.82, 2.24) is 0 Å². The number of halogens is 4. The summed E-state index contributed by atoms with van der Waals surface area (Å²) < 4.78 is 81.5. The van der Waals surface area contributed by atoms with Crippen molar-refractivity contribution >= 4 is 10.1 Å². The van der Waals surface area contributed by atoms with E-state index < -0.39 is 27.7 Å². The van der Waals surface area contributed by atoms with Crippen molar-refractivity contribution in [3.05, 3.63) is 0 Å². The minimum absolute atomic E-state index is 0. The summed E-state index contributed by atoms with van der Waals surface area (Å²) in [6.07, 6.45) is 2.11. The Balaban J connectivity index is 0. The second kappa shape index (κ2) is 8.50. The molecule has 0 aliphatic rings. The Hall–Kier alpha value is 0.227. The Labute approximate surface area is 123 Å². The van der Waals surface area contributed by atoms with Crippen LogP contribution in [0.15, 0.2) is 0 Å². The van der Waals surface area contributed by atoms with Crippen molar-refractivity contribution < 1.29 is 49.4 Å². The SMILES string of the molecule is CCCCCCCCC(F)(F)C(F)(F)S(=O)(=O)[O-].[Li+]. The van der Waals surface area contributed by atoms with Gasteiger partial charge in [-0.3, -0.25) is 0 Å². The molecular weight excluding hydrogens is 283 g/mol. The van der Waals surface area contributed by atoms with Crippen molar-refractivity contribution in [1.29, 1.82) is 0 Å². The molecule has 0 heterocycles. The number of alkyl halides is 4. The number of unbranched alkanes of at least 4 members (excludes halogenated alkanes) is 5. The molecule has 0 aliphatic heterocycles. The molecule has 9 heteroatoms. The fourth-order valence-electron chi connectivity index (χ4n) is 1.46. The maximum atomic E-state index is 12.9. The first-order valence-electron chi connectivity index (χ1n) is 5.77. The number of rotatable bonds is 9. The van der Waals surface area contributed by atoms with Crippen LogP contribution in [0.1, 0.15) is 51.9 Å². The standard InChI is InChI=1S/C10H18F4O3S.Li/c1-2-3-4-5-6-7-8-9(11,12)10(13,14)18(15,16)17;/h2-8H2,1H3,(H,15,16,17);/q;+1/p-1. The van der Waals surface area contributed by atoms with Crippen LogP contribution >= 0.6 is 0 Å². The topological polar surface area (TPSA) is 57.2 Å². The minimum atomic E-state index is -6.34. The van der Waals surface area contributed by atoms with Crippen LogP contribution in [-0.2, 0) is 10.1 Å². The molecule has 0 aromatic rings. The molecule has 0 amide bonds. The predicted octanol–water partition coefficient (Wildman–Crippen LogP) is 0.514. The predicted molar refractivity (Wildman–Crippen MR) is 57.6 cm³/mol. The van der Waals surface area contributed by atoms with Gasteiger partial charge in [0.25, 0.3) is 0 Å². The van der Waals surface area contributed by atoms with Gasteiger partial charge < -0.3 is 4.55 Å². The molecule has 110 valence electrons. The van der Waals surface area contributed by atoms with Gasteiger partial charge in [-0.2, -0.15) is 17.6 Å². The van der Waals surface area contributed by atoms with Crippen LogP contribution in [-0.4, -0.2) is 24.1 Å². The van der Waals surface area contributed by atoms with E-state index in [2.05, 4.69) is 0 Å². The average molecular weight is 300 g/mol. The Kier molecular flexibility index (Phi) is 9.63. The first-order chi connectivity index (χ1) is 8.06. The number of hydrogen-bond donors (Lipinski definition) is 0. The first-order valence-corrected chi connectivity index (χ1v) is 7.18. The van der Waals surface area contributed by atoms with Gasteiger partial charge in [-0.05, 0) is 6.42 Å². The molecule has 0 aromatic carbocycles. The normalized spacial score (nSPS) is 13.2. The molecule has 0 N–H and O–H groups in total. The van der Waals surface area contributed by atoms with Crippen molar-refractivity contribution in [2.75, 3.05) is 0 Å². The maximum Gasteiger partial charge on any atom is 1.00 e. The van der Waals surface area contributed by atoms with E-state index in [-0.39, 0.29) is 25.3 Å². The molecule has 19 heavy (non-hydrogen) atoms. The van der Waals surface area contributed by atoms with Crippen LogP contribution in [0.5, 0.6) is 0 Å². The van der Waals surface area contributed by atoms with Crippen molar-refractivity contribution in [3.8, 4) is 0 Å². The summed E-state index contributed by atoms with van der Waals surface area (Å²) in [5, 5.41) is -5.54. The molecule has 0 rings (SSSR count). The zero-order chi connectivity index (χ0) is 14.4. The van der Waals surface area contributed by atoms with E-state index in [4.69, 9.17) is 0 Å². The third kappa shape index (κ3) is 6.47. The van der Waals surface area contributed by atoms with E-state index in [1.54, 1.807) is 0 Å². The molecule has 0 aromatic heterocycles. The third-order valence-electron chi connectivity index (χ3n) is 2.58. The summed E-state index contributed by atoms with van der Waals surface area (Å²) in [5.74, 6) is -4.81. The molecular formula is C10H17F4LiO3S. The van der Waals surface area contributed by atoms with E-state index in [9.17, 15) is 30.5 Å². The van der Waals surface area contributed by atoms with Gasteiger partial charge >= 0.3 is 30.0 Å². The monoisotopic (exact) mass is 300 g/mol. The van der Waals surface area contributed by atoms with Gasteiger partial charge in [-0.25, -0.2) is 8.42 Å². The molecule has 0 saturated heterocycles. The Morgan fingerprint density at radius 1 is 0.947 bits per heavy atom. The molecule has 0 unspecified atom stereocenters. The van der Waals surface area contributed by atoms with Crippen molar-refractivity contribution in [2.45, 2.75) is 63.0 Å². The molecule has 0 radical (unpaired) electrons. The van der Waals surface area contributed by atoms with Gasteiger partial charge in [0.05, 0.1) is 0 Å². The largest absolute Gasteiger partial charge is 1.00 e. The van der Waals surface area contributed by atoms with Crippen LogP contribution in [0.3, 0.4) is 0 Å². The smallest absolute Gasteiger partial charge is 0.743 e. The van der Waals surface area contributed by atoms with Crippen LogP contribution in [0.4, 0.5) is 17.6 Å². The Bertz CT molecular complexity index is 347. The molecule has 0 spiro atoms.